The Hall–Kier alpha value is -7.04. The number of thioether (sulfide) groups is 1. The monoisotopic (exact) mass is 757 g/mol. The van der Waals surface area contributed by atoms with Crippen LogP contribution in [0.1, 0.15) is 65.5 Å². The fourth-order valence-electron chi connectivity index (χ4n) is 6.27. The summed E-state index contributed by atoms with van der Waals surface area (Å²) in [5, 5.41) is 7.80. The van der Waals surface area contributed by atoms with Gasteiger partial charge in [-0.3, -0.25) is 24.0 Å². The van der Waals surface area contributed by atoms with Gasteiger partial charge in [0.2, 0.25) is 5.91 Å². The Kier molecular flexibility index (Phi) is 11.3. The highest BCUT2D eigenvalue weighted by molar-refractivity contribution is 8.00. The van der Waals surface area contributed by atoms with Gasteiger partial charge in [0.1, 0.15) is 16.7 Å². The number of rotatable bonds is 12. The summed E-state index contributed by atoms with van der Waals surface area (Å²) in [6, 6.07) is 43.5. The van der Waals surface area contributed by atoms with E-state index in [0.29, 0.717) is 45.2 Å². The van der Waals surface area contributed by atoms with E-state index in [0.717, 1.165) is 0 Å². The first-order valence-corrected chi connectivity index (χ1v) is 18.7. The molecule has 0 fully saturated rings. The standard InChI is InChI=1S/C46H35N3O6S/c1-2-55-33-25-23-29(24-26-33)27-39(49-44(52)31-15-7-4-8-16-31)45(53)47-32-17-11-18-34(28-32)56-43(30-13-5-3-6-14-30)46(54)48-38-22-12-21-37-40(38)42(51)36-20-10-9-19-35(36)41(37)50/h3-28,43H,2H2,1H3,(H,47,53)(H,48,54)(H,49,52)/b39-27+. The number of nitrogens with one attached hydrogen (secondary N) is 3. The molecule has 1 aliphatic carbocycles. The minimum Gasteiger partial charge on any atom is -0.494 e. The molecule has 0 aliphatic heterocycles. The van der Waals surface area contributed by atoms with Crippen molar-refractivity contribution in [1.82, 2.24) is 5.32 Å². The molecule has 0 heterocycles. The molecule has 0 saturated carbocycles. The van der Waals surface area contributed by atoms with Crippen LogP contribution in [0.25, 0.3) is 6.08 Å². The third-order valence-corrected chi connectivity index (χ3v) is 10.2. The average molecular weight is 758 g/mol. The molecule has 3 N–H and O–H groups in total. The Labute approximate surface area is 327 Å². The van der Waals surface area contributed by atoms with Crippen molar-refractivity contribution in [2.24, 2.45) is 0 Å². The van der Waals surface area contributed by atoms with Crippen LogP contribution in [0.15, 0.2) is 162 Å². The second-order valence-electron chi connectivity index (χ2n) is 12.7. The third-order valence-electron chi connectivity index (χ3n) is 8.93. The van der Waals surface area contributed by atoms with Crippen LogP contribution in [-0.4, -0.2) is 35.9 Å². The molecule has 0 saturated heterocycles. The highest BCUT2D eigenvalue weighted by Gasteiger charge is 2.33. The maximum Gasteiger partial charge on any atom is 0.272 e. The Morgan fingerprint density at radius 1 is 0.679 bits per heavy atom. The summed E-state index contributed by atoms with van der Waals surface area (Å²) < 4.78 is 5.55. The zero-order chi connectivity index (χ0) is 39.0. The summed E-state index contributed by atoms with van der Waals surface area (Å²) in [6.45, 7) is 2.40. The van der Waals surface area contributed by atoms with Gasteiger partial charge in [-0.2, -0.15) is 0 Å². The van der Waals surface area contributed by atoms with Gasteiger partial charge in [0.25, 0.3) is 11.8 Å². The molecule has 56 heavy (non-hydrogen) atoms. The van der Waals surface area contributed by atoms with E-state index in [-0.39, 0.29) is 39.6 Å². The van der Waals surface area contributed by atoms with Gasteiger partial charge in [-0.15, -0.1) is 11.8 Å². The molecular weight excluding hydrogens is 723 g/mol. The molecular formula is C46H35N3O6S. The topological polar surface area (TPSA) is 131 Å². The van der Waals surface area contributed by atoms with Crippen molar-refractivity contribution in [2.45, 2.75) is 17.1 Å². The van der Waals surface area contributed by atoms with Crippen molar-refractivity contribution in [3.05, 3.63) is 196 Å². The van der Waals surface area contributed by atoms with Crippen molar-refractivity contribution in [3.8, 4) is 5.75 Å². The first-order valence-electron chi connectivity index (χ1n) is 17.9. The van der Waals surface area contributed by atoms with Gasteiger partial charge in [-0.05, 0) is 72.7 Å². The predicted molar refractivity (Wildman–Crippen MR) is 218 cm³/mol. The van der Waals surface area contributed by atoms with Gasteiger partial charge in [0.05, 0.1) is 17.9 Å². The molecule has 3 amide bonds. The van der Waals surface area contributed by atoms with E-state index in [1.54, 1.807) is 121 Å². The molecule has 10 heteroatoms. The molecule has 0 spiro atoms. The van der Waals surface area contributed by atoms with Gasteiger partial charge in [0.15, 0.2) is 11.6 Å². The van der Waals surface area contributed by atoms with Crippen molar-refractivity contribution in [2.75, 3.05) is 17.2 Å². The molecule has 9 nitrogen and oxygen atoms in total. The van der Waals surface area contributed by atoms with E-state index in [9.17, 15) is 24.0 Å². The van der Waals surface area contributed by atoms with Crippen LogP contribution < -0.4 is 20.7 Å². The Morgan fingerprint density at radius 2 is 1.32 bits per heavy atom. The molecule has 1 unspecified atom stereocenters. The molecule has 0 bridgehead atoms. The zero-order valence-corrected chi connectivity index (χ0v) is 31.0. The minimum atomic E-state index is -0.792. The van der Waals surface area contributed by atoms with Crippen LogP contribution in [0.2, 0.25) is 0 Å². The maximum atomic E-state index is 14.2. The highest BCUT2D eigenvalue weighted by Crippen LogP contribution is 2.39. The van der Waals surface area contributed by atoms with Crippen LogP contribution in [0.4, 0.5) is 11.4 Å². The lowest BCUT2D eigenvalue weighted by molar-refractivity contribution is -0.116. The first-order chi connectivity index (χ1) is 27.3. The number of ketones is 2. The number of hydrogen-bond acceptors (Lipinski definition) is 7. The van der Waals surface area contributed by atoms with E-state index < -0.39 is 23.0 Å². The van der Waals surface area contributed by atoms with Crippen LogP contribution in [0.3, 0.4) is 0 Å². The lowest BCUT2D eigenvalue weighted by atomic mass is 9.83. The number of carbonyl (C=O) groups excluding carboxylic acids is 5. The smallest absolute Gasteiger partial charge is 0.272 e. The predicted octanol–water partition coefficient (Wildman–Crippen LogP) is 8.74. The van der Waals surface area contributed by atoms with Crippen molar-refractivity contribution in [1.29, 1.82) is 0 Å². The summed E-state index contributed by atoms with van der Waals surface area (Å²) in [5.74, 6) is -1.36. The van der Waals surface area contributed by atoms with E-state index in [4.69, 9.17) is 4.74 Å². The van der Waals surface area contributed by atoms with Crippen molar-refractivity contribution < 1.29 is 28.7 Å². The minimum absolute atomic E-state index is 0.0180. The Morgan fingerprint density at radius 3 is 2.04 bits per heavy atom. The van der Waals surface area contributed by atoms with Gasteiger partial charge < -0.3 is 20.7 Å². The number of fused-ring (bicyclic) bond motifs is 2. The largest absolute Gasteiger partial charge is 0.494 e. The third kappa shape index (κ3) is 8.36. The van der Waals surface area contributed by atoms with Crippen LogP contribution in [0.5, 0.6) is 5.75 Å². The number of carbonyl (C=O) groups is 5. The Balaban J connectivity index is 1.14. The molecule has 1 atom stereocenters. The highest BCUT2D eigenvalue weighted by atomic mass is 32.2. The summed E-state index contributed by atoms with van der Waals surface area (Å²) in [5.41, 5.74) is 3.45. The second kappa shape index (κ2) is 17.0. The average Bonchev–Trinajstić information content (AvgIpc) is 3.23. The lowest BCUT2D eigenvalue weighted by Gasteiger charge is -2.22. The van der Waals surface area contributed by atoms with Crippen molar-refractivity contribution >= 4 is 58.5 Å². The molecule has 1 aliphatic rings. The number of ether oxygens (including phenoxy) is 1. The summed E-state index contributed by atoms with van der Waals surface area (Å²) in [7, 11) is 0. The molecule has 7 rings (SSSR count). The zero-order valence-electron chi connectivity index (χ0n) is 30.2. The van der Waals surface area contributed by atoms with E-state index >= 15 is 0 Å². The molecule has 276 valence electrons. The summed E-state index contributed by atoms with van der Waals surface area (Å²) in [4.78, 5) is 68.9. The van der Waals surface area contributed by atoms with Gasteiger partial charge in [-0.1, -0.05) is 103 Å². The first kappa shape index (κ1) is 37.3. The Bertz CT molecular complexity index is 2480. The number of anilines is 2. The molecule has 0 aromatic heterocycles. The van der Waals surface area contributed by atoms with Crippen LogP contribution in [0, 0.1) is 0 Å². The lowest BCUT2D eigenvalue weighted by Crippen LogP contribution is -2.30. The summed E-state index contributed by atoms with van der Waals surface area (Å²) >= 11 is 1.25. The fourth-order valence-corrected chi connectivity index (χ4v) is 7.35. The second-order valence-corrected chi connectivity index (χ2v) is 13.9. The molecule has 6 aromatic carbocycles. The quantitative estimate of drug-likeness (QED) is 0.0840. The molecule has 0 radical (unpaired) electrons. The van der Waals surface area contributed by atoms with Gasteiger partial charge in [-0.25, -0.2) is 0 Å². The maximum absolute atomic E-state index is 14.2. The fraction of sp³-hybridized carbons (Fsp3) is 0.0652. The molecule has 6 aromatic rings. The summed E-state index contributed by atoms with van der Waals surface area (Å²) in [6.07, 6.45) is 1.58. The van der Waals surface area contributed by atoms with E-state index in [1.807, 2.05) is 43.3 Å². The SMILES string of the molecule is CCOc1ccc(/C=C(/NC(=O)c2ccccc2)C(=O)Nc2cccc(SC(C(=O)Nc3cccc4c3C(=O)c3ccccc3C4=O)c3ccccc3)c2)cc1. The van der Waals surface area contributed by atoms with Crippen LogP contribution in [-0.2, 0) is 9.59 Å². The van der Waals surface area contributed by atoms with Crippen LogP contribution >= 0.6 is 11.8 Å². The van der Waals surface area contributed by atoms with E-state index in [1.165, 1.54) is 11.8 Å². The van der Waals surface area contributed by atoms with Crippen molar-refractivity contribution in [3.63, 3.8) is 0 Å². The van der Waals surface area contributed by atoms with Gasteiger partial charge >= 0.3 is 0 Å². The number of hydrogen-bond donors (Lipinski definition) is 3. The number of amides is 3. The van der Waals surface area contributed by atoms with E-state index in [2.05, 4.69) is 16.0 Å². The normalized spacial score (nSPS) is 12.5. The van der Waals surface area contributed by atoms with Gasteiger partial charge in [0, 0.05) is 32.8 Å². The number of benzene rings is 6.